The van der Waals surface area contributed by atoms with Gasteiger partial charge in [0.1, 0.15) is 0 Å². The molecule has 4 heteroatoms. The van der Waals surface area contributed by atoms with Crippen molar-refractivity contribution in [3.63, 3.8) is 0 Å². The summed E-state index contributed by atoms with van der Waals surface area (Å²) in [5.41, 5.74) is 12.7. The molecule has 2 N–H and O–H groups in total. The highest BCUT2D eigenvalue weighted by molar-refractivity contribution is 6.02. The second-order valence-electron chi connectivity index (χ2n) is 7.02. The third kappa shape index (κ3) is 3.95. The first-order chi connectivity index (χ1) is 13.0. The van der Waals surface area contributed by atoms with Gasteiger partial charge in [-0.1, -0.05) is 49.2 Å². The molecule has 3 rings (SSSR count). The summed E-state index contributed by atoms with van der Waals surface area (Å²) < 4.78 is 2.22. The van der Waals surface area contributed by atoms with Crippen LogP contribution in [0.3, 0.4) is 0 Å². The minimum atomic E-state index is -0.374. The van der Waals surface area contributed by atoms with Gasteiger partial charge in [0.2, 0.25) is 0 Å². The number of aryl methyl sites for hydroxylation is 1. The molecular formula is C23H27N3O. The first-order valence-electron chi connectivity index (χ1n) is 9.51. The predicted octanol–water partition coefficient (Wildman–Crippen LogP) is 4.66. The number of aromatic nitrogens is 2. The number of benzene rings is 1. The van der Waals surface area contributed by atoms with E-state index in [4.69, 9.17) is 5.73 Å². The van der Waals surface area contributed by atoms with Crippen molar-refractivity contribution in [2.75, 3.05) is 0 Å². The number of unbranched alkanes of at least 4 members (excludes halogenated alkanes) is 1. The van der Waals surface area contributed by atoms with E-state index in [-0.39, 0.29) is 5.91 Å². The van der Waals surface area contributed by atoms with Crippen LogP contribution in [-0.2, 0) is 13.0 Å². The van der Waals surface area contributed by atoms with Gasteiger partial charge >= 0.3 is 0 Å². The molecule has 1 amide bonds. The minimum absolute atomic E-state index is 0.374. The van der Waals surface area contributed by atoms with Crippen molar-refractivity contribution >= 4 is 5.91 Å². The molecule has 0 aliphatic carbocycles. The molecule has 140 valence electrons. The number of primary amides is 1. The van der Waals surface area contributed by atoms with Crippen LogP contribution < -0.4 is 5.73 Å². The molecule has 2 aromatic heterocycles. The van der Waals surface area contributed by atoms with Crippen LogP contribution in [0.4, 0.5) is 0 Å². The zero-order valence-electron chi connectivity index (χ0n) is 16.3. The Kier molecular flexibility index (Phi) is 5.75. The van der Waals surface area contributed by atoms with Gasteiger partial charge in [-0.05, 0) is 44.4 Å². The normalized spacial score (nSPS) is 10.9. The van der Waals surface area contributed by atoms with Crippen molar-refractivity contribution < 1.29 is 4.79 Å². The SMILES string of the molecule is CCCCc1c(-c2ccc(C)cc2)c(C(N)=O)c(C)n1Cc1ccccn1. The third-order valence-corrected chi connectivity index (χ3v) is 5.03. The molecule has 0 aliphatic rings. The Bertz CT molecular complexity index is 925. The van der Waals surface area contributed by atoms with Gasteiger partial charge in [0, 0.05) is 23.1 Å². The summed E-state index contributed by atoms with van der Waals surface area (Å²) in [7, 11) is 0. The maximum atomic E-state index is 12.4. The van der Waals surface area contributed by atoms with Crippen LogP contribution in [0.5, 0.6) is 0 Å². The smallest absolute Gasteiger partial charge is 0.251 e. The van der Waals surface area contributed by atoms with Crippen LogP contribution in [0.2, 0.25) is 0 Å². The molecule has 0 saturated carbocycles. The Morgan fingerprint density at radius 1 is 1.11 bits per heavy atom. The fourth-order valence-electron chi connectivity index (χ4n) is 3.60. The molecule has 0 unspecified atom stereocenters. The highest BCUT2D eigenvalue weighted by Gasteiger charge is 2.24. The van der Waals surface area contributed by atoms with Gasteiger partial charge in [-0.3, -0.25) is 9.78 Å². The molecule has 3 aromatic rings. The maximum absolute atomic E-state index is 12.4. The highest BCUT2D eigenvalue weighted by Crippen LogP contribution is 2.34. The first-order valence-corrected chi connectivity index (χ1v) is 9.51. The van der Waals surface area contributed by atoms with Crippen LogP contribution >= 0.6 is 0 Å². The molecule has 0 spiro atoms. The van der Waals surface area contributed by atoms with Crippen LogP contribution in [0.15, 0.2) is 48.7 Å². The van der Waals surface area contributed by atoms with Crippen LogP contribution in [0.25, 0.3) is 11.1 Å². The summed E-state index contributed by atoms with van der Waals surface area (Å²) in [6, 6.07) is 14.2. The highest BCUT2D eigenvalue weighted by atomic mass is 16.1. The lowest BCUT2D eigenvalue weighted by Gasteiger charge is -2.13. The first kappa shape index (κ1) is 18.9. The second kappa shape index (κ2) is 8.21. The molecule has 27 heavy (non-hydrogen) atoms. The molecule has 0 atom stereocenters. The van der Waals surface area contributed by atoms with E-state index >= 15 is 0 Å². The second-order valence-corrected chi connectivity index (χ2v) is 7.02. The van der Waals surface area contributed by atoms with Crippen molar-refractivity contribution in [1.82, 2.24) is 9.55 Å². The molecule has 1 aromatic carbocycles. The molecule has 0 fully saturated rings. The fourth-order valence-corrected chi connectivity index (χ4v) is 3.60. The van der Waals surface area contributed by atoms with Gasteiger partial charge < -0.3 is 10.3 Å². The number of carbonyl (C=O) groups excluding carboxylic acids is 1. The molecule has 0 saturated heterocycles. The van der Waals surface area contributed by atoms with E-state index in [9.17, 15) is 4.79 Å². The maximum Gasteiger partial charge on any atom is 0.251 e. The van der Waals surface area contributed by atoms with E-state index in [1.807, 2.05) is 25.1 Å². The van der Waals surface area contributed by atoms with Crippen LogP contribution in [-0.4, -0.2) is 15.5 Å². The number of pyridine rings is 1. The van der Waals surface area contributed by atoms with Gasteiger partial charge in [0.05, 0.1) is 17.8 Å². The van der Waals surface area contributed by atoms with Crippen LogP contribution in [0.1, 0.15) is 52.8 Å². The minimum Gasteiger partial charge on any atom is -0.366 e. The van der Waals surface area contributed by atoms with Gasteiger partial charge in [0.25, 0.3) is 5.91 Å². The fraction of sp³-hybridized carbons (Fsp3) is 0.304. The summed E-state index contributed by atoms with van der Waals surface area (Å²) in [5, 5.41) is 0. The van der Waals surface area contributed by atoms with Crippen LogP contribution in [0, 0.1) is 13.8 Å². The Morgan fingerprint density at radius 2 is 1.85 bits per heavy atom. The molecule has 0 bridgehead atoms. The van der Waals surface area contributed by atoms with E-state index in [1.54, 1.807) is 6.20 Å². The zero-order valence-corrected chi connectivity index (χ0v) is 16.3. The molecule has 2 heterocycles. The summed E-state index contributed by atoms with van der Waals surface area (Å²) in [6.45, 7) is 6.86. The molecule has 0 radical (unpaired) electrons. The number of hydrogen-bond acceptors (Lipinski definition) is 2. The number of nitrogens with zero attached hydrogens (tertiary/aromatic N) is 2. The summed E-state index contributed by atoms with van der Waals surface area (Å²) >= 11 is 0. The Hall–Kier alpha value is -2.88. The zero-order chi connectivity index (χ0) is 19.4. The van der Waals surface area contributed by atoms with Crippen molar-refractivity contribution in [3.05, 3.63) is 76.9 Å². The Morgan fingerprint density at radius 3 is 2.44 bits per heavy atom. The standard InChI is InChI=1S/C23H27N3O/c1-4-5-9-20-22(18-12-10-16(2)11-13-18)21(23(24)27)17(3)26(20)15-19-8-6-7-14-25-19/h6-8,10-14H,4-5,9,15H2,1-3H3,(H2,24,27). The van der Waals surface area contributed by atoms with E-state index < -0.39 is 0 Å². The predicted molar refractivity (Wildman–Crippen MR) is 110 cm³/mol. The summed E-state index contributed by atoms with van der Waals surface area (Å²) in [4.78, 5) is 16.8. The molecule has 4 nitrogen and oxygen atoms in total. The monoisotopic (exact) mass is 361 g/mol. The number of hydrogen-bond donors (Lipinski definition) is 1. The Labute approximate surface area is 161 Å². The number of carbonyl (C=O) groups is 1. The number of rotatable bonds is 7. The van der Waals surface area contributed by atoms with E-state index in [1.165, 1.54) is 5.56 Å². The molecular weight excluding hydrogens is 334 g/mol. The quantitative estimate of drug-likeness (QED) is 0.665. The lowest BCUT2D eigenvalue weighted by Crippen LogP contribution is -2.14. The van der Waals surface area contributed by atoms with Gasteiger partial charge in [-0.2, -0.15) is 0 Å². The van der Waals surface area contributed by atoms with Crippen molar-refractivity contribution in [2.45, 2.75) is 46.6 Å². The average Bonchev–Trinajstić information content (AvgIpc) is 2.93. The average molecular weight is 361 g/mol. The largest absolute Gasteiger partial charge is 0.366 e. The topological polar surface area (TPSA) is 60.9 Å². The van der Waals surface area contributed by atoms with Gasteiger partial charge in [-0.25, -0.2) is 0 Å². The molecule has 0 aliphatic heterocycles. The van der Waals surface area contributed by atoms with Crippen molar-refractivity contribution in [1.29, 1.82) is 0 Å². The van der Waals surface area contributed by atoms with Gasteiger partial charge in [-0.15, -0.1) is 0 Å². The van der Waals surface area contributed by atoms with E-state index in [0.29, 0.717) is 12.1 Å². The summed E-state index contributed by atoms with van der Waals surface area (Å²) in [5.74, 6) is -0.374. The van der Waals surface area contributed by atoms with Gasteiger partial charge in [0.15, 0.2) is 0 Å². The van der Waals surface area contributed by atoms with E-state index in [0.717, 1.165) is 47.5 Å². The Balaban J connectivity index is 2.21. The number of nitrogens with two attached hydrogens (primary N) is 1. The lowest BCUT2D eigenvalue weighted by atomic mass is 9.97. The lowest BCUT2D eigenvalue weighted by molar-refractivity contribution is 0.1000. The third-order valence-electron chi connectivity index (χ3n) is 5.03. The number of amides is 1. The van der Waals surface area contributed by atoms with E-state index in [2.05, 4.69) is 47.7 Å². The van der Waals surface area contributed by atoms with Crippen molar-refractivity contribution in [3.8, 4) is 11.1 Å². The summed E-state index contributed by atoms with van der Waals surface area (Å²) in [6.07, 6.45) is 4.85. The van der Waals surface area contributed by atoms with Crippen molar-refractivity contribution in [2.24, 2.45) is 5.73 Å².